The second-order valence-electron chi connectivity index (χ2n) is 6.37. The van der Waals surface area contributed by atoms with Gasteiger partial charge in [-0.2, -0.15) is 4.98 Å². The average Bonchev–Trinajstić information content (AvgIpc) is 3.34. The second-order valence-corrected chi connectivity index (χ2v) is 6.37. The van der Waals surface area contributed by atoms with Gasteiger partial charge in [-0.3, -0.25) is 4.79 Å². The number of nitrogens with zero attached hydrogens (tertiary/aromatic N) is 3. The molecule has 2 aliphatic rings. The lowest BCUT2D eigenvalue weighted by Gasteiger charge is -2.34. The third kappa shape index (κ3) is 2.94. The van der Waals surface area contributed by atoms with Crippen molar-refractivity contribution in [3.05, 3.63) is 36.2 Å². The third-order valence-corrected chi connectivity index (χ3v) is 4.75. The van der Waals surface area contributed by atoms with E-state index in [0.29, 0.717) is 18.3 Å². The first kappa shape index (κ1) is 15.3. The van der Waals surface area contributed by atoms with Crippen LogP contribution in [-0.4, -0.2) is 40.2 Å². The van der Waals surface area contributed by atoms with Crippen LogP contribution in [0.2, 0.25) is 0 Å². The summed E-state index contributed by atoms with van der Waals surface area (Å²) in [5.41, 5.74) is 0.917. The Hall–Kier alpha value is -2.21. The zero-order valence-corrected chi connectivity index (χ0v) is 13.6. The van der Waals surface area contributed by atoms with Gasteiger partial charge in [0.1, 0.15) is 12.1 Å². The van der Waals surface area contributed by atoms with Crippen molar-refractivity contribution in [2.24, 2.45) is 0 Å². The minimum Gasteiger partial charge on any atom is -0.368 e. The van der Waals surface area contributed by atoms with Crippen LogP contribution in [0, 0.1) is 0 Å². The van der Waals surface area contributed by atoms with Gasteiger partial charge in [-0.25, -0.2) is 0 Å². The molecule has 0 saturated carbocycles. The summed E-state index contributed by atoms with van der Waals surface area (Å²) in [6.45, 7) is 1.40. The highest BCUT2D eigenvalue weighted by atomic mass is 16.5. The number of aromatic nitrogens is 2. The van der Waals surface area contributed by atoms with E-state index >= 15 is 0 Å². The van der Waals surface area contributed by atoms with Crippen LogP contribution in [0.1, 0.15) is 44.0 Å². The maximum atomic E-state index is 12.8. The highest BCUT2D eigenvalue weighted by Gasteiger charge is 2.37. The van der Waals surface area contributed by atoms with Crippen molar-refractivity contribution in [3.63, 3.8) is 0 Å². The number of rotatable bonds is 3. The van der Waals surface area contributed by atoms with Crippen molar-refractivity contribution in [2.75, 3.05) is 13.2 Å². The van der Waals surface area contributed by atoms with E-state index in [9.17, 15) is 4.79 Å². The van der Waals surface area contributed by atoms with E-state index in [1.807, 2.05) is 35.2 Å². The molecule has 4 rings (SSSR count). The summed E-state index contributed by atoms with van der Waals surface area (Å²) in [5, 5.41) is 4.10. The minimum atomic E-state index is -0.304. The number of carbonyl (C=O) groups excluding carboxylic acids is 1. The zero-order valence-electron chi connectivity index (χ0n) is 13.6. The van der Waals surface area contributed by atoms with Gasteiger partial charge in [0.05, 0.1) is 0 Å². The molecule has 0 radical (unpaired) electrons. The van der Waals surface area contributed by atoms with Crippen LogP contribution in [0.25, 0.3) is 11.4 Å². The van der Waals surface area contributed by atoms with Crippen molar-refractivity contribution in [3.8, 4) is 11.4 Å². The Morgan fingerprint density at radius 1 is 1.12 bits per heavy atom. The normalized spacial score (nSPS) is 24.2. The molecular formula is C18H21N3O3. The van der Waals surface area contributed by atoms with Gasteiger partial charge in [0, 0.05) is 18.7 Å². The smallest absolute Gasteiger partial charge is 0.252 e. The molecule has 2 fully saturated rings. The second kappa shape index (κ2) is 6.73. The summed E-state index contributed by atoms with van der Waals surface area (Å²) in [6.07, 6.45) is 4.38. The molecule has 0 aliphatic carbocycles. The maximum absolute atomic E-state index is 12.8. The summed E-state index contributed by atoms with van der Waals surface area (Å²) in [7, 11) is 0. The lowest BCUT2D eigenvalue weighted by Crippen LogP contribution is -2.44. The van der Waals surface area contributed by atoms with E-state index in [-0.39, 0.29) is 18.1 Å². The van der Waals surface area contributed by atoms with Crippen LogP contribution in [0.5, 0.6) is 0 Å². The third-order valence-electron chi connectivity index (χ3n) is 4.75. The SMILES string of the molecule is O=C([C@H]1CCCO1)N1CCCC[C@H]1c1nc(-c2ccccc2)no1. The van der Waals surface area contributed by atoms with Crippen LogP contribution in [-0.2, 0) is 9.53 Å². The fourth-order valence-corrected chi connectivity index (χ4v) is 3.48. The fraction of sp³-hybridized carbons (Fsp3) is 0.500. The van der Waals surface area contributed by atoms with E-state index in [2.05, 4.69) is 10.1 Å². The highest BCUT2D eigenvalue weighted by molar-refractivity contribution is 5.81. The molecule has 1 amide bonds. The van der Waals surface area contributed by atoms with Crippen molar-refractivity contribution in [1.82, 2.24) is 15.0 Å². The lowest BCUT2D eigenvalue weighted by molar-refractivity contribution is -0.145. The van der Waals surface area contributed by atoms with Crippen molar-refractivity contribution in [2.45, 2.75) is 44.2 Å². The van der Waals surface area contributed by atoms with E-state index in [1.165, 1.54) is 0 Å². The van der Waals surface area contributed by atoms with Crippen LogP contribution in [0.3, 0.4) is 0 Å². The average molecular weight is 327 g/mol. The molecule has 126 valence electrons. The van der Waals surface area contributed by atoms with Gasteiger partial charge >= 0.3 is 0 Å². The maximum Gasteiger partial charge on any atom is 0.252 e. The number of ether oxygens (including phenoxy) is 1. The molecule has 6 heteroatoms. The van der Waals surface area contributed by atoms with Crippen molar-refractivity contribution in [1.29, 1.82) is 0 Å². The number of piperidine rings is 1. The number of likely N-dealkylation sites (tertiary alicyclic amines) is 1. The molecule has 2 saturated heterocycles. The minimum absolute atomic E-state index is 0.0664. The largest absolute Gasteiger partial charge is 0.368 e. The molecule has 24 heavy (non-hydrogen) atoms. The van der Waals surface area contributed by atoms with Gasteiger partial charge in [-0.1, -0.05) is 35.5 Å². The summed E-state index contributed by atoms with van der Waals surface area (Å²) in [6, 6.07) is 9.60. The van der Waals surface area contributed by atoms with Gasteiger partial charge in [0.15, 0.2) is 0 Å². The van der Waals surface area contributed by atoms with Crippen LogP contribution >= 0.6 is 0 Å². The lowest BCUT2D eigenvalue weighted by atomic mass is 10.0. The van der Waals surface area contributed by atoms with Gasteiger partial charge in [0.2, 0.25) is 11.7 Å². The molecule has 0 N–H and O–H groups in total. The Labute approximate surface area is 140 Å². The molecule has 2 atom stereocenters. The van der Waals surface area contributed by atoms with Crippen LogP contribution in [0.4, 0.5) is 0 Å². The Balaban J connectivity index is 1.57. The molecule has 2 aliphatic heterocycles. The summed E-state index contributed by atoms with van der Waals surface area (Å²) in [4.78, 5) is 19.2. The number of benzene rings is 1. The van der Waals surface area contributed by atoms with Gasteiger partial charge < -0.3 is 14.2 Å². The molecule has 3 heterocycles. The van der Waals surface area contributed by atoms with Crippen LogP contribution in [0.15, 0.2) is 34.9 Å². The quantitative estimate of drug-likeness (QED) is 0.867. The van der Waals surface area contributed by atoms with Crippen molar-refractivity contribution >= 4 is 5.91 Å². The van der Waals surface area contributed by atoms with E-state index in [1.54, 1.807) is 0 Å². The Kier molecular flexibility index (Phi) is 4.30. The Morgan fingerprint density at radius 3 is 2.79 bits per heavy atom. The molecular weight excluding hydrogens is 306 g/mol. The number of amides is 1. The Morgan fingerprint density at radius 2 is 2.00 bits per heavy atom. The summed E-state index contributed by atoms with van der Waals surface area (Å²) in [5.74, 6) is 1.16. The predicted molar refractivity (Wildman–Crippen MR) is 87.0 cm³/mol. The van der Waals surface area contributed by atoms with E-state index in [0.717, 1.165) is 44.2 Å². The van der Waals surface area contributed by atoms with Crippen molar-refractivity contribution < 1.29 is 14.1 Å². The number of hydrogen-bond donors (Lipinski definition) is 0. The zero-order chi connectivity index (χ0) is 16.4. The Bertz CT molecular complexity index is 695. The van der Waals surface area contributed by atoms with Gasteiger partial charge in [-0.15, -0.1) is 0 Å². The van der Waals surface area contributed by atoms with Gasteiger partial charge in [-0.05, 0) is 32.1 Å². The first-order valence-corrected chi connectivity index (χ1v) is 8.64. The van der Waals surface area contributed by atoms with Gasteiger partial charge in [0.25, 0.3) is 5.91 Å². The number of hydrogen-bond acceptors (Lipinski definition) is 5. The molecule has 0 spiro atoms. The topological polar surface area (TPSA) is 68.5 Å². The monoisotopic (exact) mass is 327 g/mol. The number of carbonyl (C=O) groups is 1. The first-order chi connectivity index (χ1) is 11.8. The standard InChI is InChI=1S/C18H21N3O3/c22-18(15-10-6-12-23-15)21-11-5-4-9-14(21)17-19-16(20-24-17)13-7-2-1-3-8-13/h1-3,7-8,14-15H,4-6,9-12H2/t14-,15+/m0/s1. The fourth-order valence-electron chi connectivity index (χ4n) is 3.48. The highest BCUT2D eigenvalue weighted by Crippen LogP contribution is 2.32. The molecule has 0 bridgehead atoms. The first-order valence-electron chi connectivity index (χ1n) is 8.64. The molecule has 0 unspecified atom stereocenters. The van der Waals surface area contributed by atoms with Crippen LogP contribution < -0.4 is 0 Å². The predicted octanol–water partition coefficient (Wildman–Crippen LogP) is 2.97. The summed E-state index contributed by atoms with van der Waals surface area (Å²) >= 11 is 0. The molecule has 1 aromatic heterocycles. The molecule has 2 aromatic rings. The van der Waals surface area contributed by atoms with E-state index < -0.39 is 0 Å². The molecule has 1 aromatic carbocycles. The van der Waals surface area contributed by atoms with E-state index in [4.69, 9.17) is 9.26 Å². The molecule has 6 nitrogen and oxygen atoms in total. The summed E-state index contributed by atoms with van der Waals surface area (Å²) < 4.78 is 11.1.